The zero-order chi connectivity index (χ0) is 21.0. The minimum absolute atomic E-state index is 0.190. The summed E-state index contributed by atoms with van der Waals surface area (Å²) in [6.45, 7) is 3.68. The number of allylic oxidation sites excluding steroid dienone is 4. The van der Waals surface area contributed by atoms with E-state index >= 15 is 0 Å². The van der Waals surface area contributed by atoms with Gasteiger partial charge in [0.15, 0.2) is 0 Å². The van der Waals surface area contributed by atoms with Crippen LogP contribution in [0.3, 0.4) is 0 Å². The highest BCUT2D eigenvalue weighted by atomic mass is 19.4. The van der Waals surface area contributed by atoms with E-state index in [4.69, 9.17) is 4.74 Å². The van der Waals surface area contributed by atoms with Crippen LogP contribution in [-0.2, 0) is 6.18 Å². The second-order valence-corrected chi connectivity index (χ2v) is 6.29. The predicted octanol–water partition coefficient (Wildman–Crippen LogP) is 6.65. The van der Waals surface area contributed by atoms with E-state index in [1.807, 2.05) is 25.1 Å². The van der Waals surface area contributed by atoms with Crippen molar-refractivity contribution < 1.29 is 17.9 Å². The van der Waals surface area contributed by atoms with Crippen LogP contribution >= 0.6 is 0 Å². The fourth-order valence-electron chi connectivity index (χ4n) is 3.01. The summed E-state index contributed by atoms with van der Waals surface area (Å²) >= 11 is 0. The second kappa shape index (κ2) is 8.19. The Bertz CT molecular complexity index is 1150. The molecule has 1 heterocycles. The standard InChI is InChI=1S/C23H17F3N2O/c1-3-4-7-15(2)29-18-9-5-8-16(12-18)21-17(13-27)14-28-22-19(21)10-6-11-20(22)23(24,25)26/h3-12,14H,1-2H3/b4-3-,15-7+. The first-order valence-electron chi connectivity index (χ1n) is 8.82. The molecule has 0 saturated carbocycles. The number of benzene rings is 2. The Kier molecular flexibility index (Phi) is 5.69. The molecule has 0 saturated heterocycles. The number of alkyl halides is 3. The average molecular weight is 394 g/mol. The summed E-state index contributed by atoms with van der Waals surface area (Å²) in [5.41, 5.74) is 0.131. The molecule has 0 atom stereocenters. The van der Waals surface area contributed by atoms with Gasteiger partial charge < -0.3 is 4.74 Å². The average Bonchev–Trinajstić information content (AvgIpc) is 2.70. The number of ether oxygens (including phenoxy) is 1. The lowest BCUT2D eigenvalue weighted by Crippen LogP contribution is -2.07. The van der Waals surface area contributed by atoms with Gasteiger partial charge >= 0.3 is 6.18 Å². The van der Waals surface area contributed by atoms with Crippen LogP contribution in [0, 0.1) is 11.3 Å². The number of nitriles is 1. The number of rotatable bonds is 4. The lowest BCUT2D eigenvalue weighted by molar-refractivity contribution is -0.136. The van der Waals surface area contributed by atoms with Gasteiger partial charge in [0, 0.05) is 17.1 Å². The molecule has 0 radical (unpaired) electrons. The summed E-state index contributed by atoms with van der Waals surface area (Å²) < 4.78 is 46.0. The molecule has 146 valence electrons. The molecule has 2 aromatic carbocycles. The first-order valence-corrected chi connectivity index (χ1v) is 8.82. The van der Waals surface area contributed by atoms with Crippen LogP contribution in [0.2, 0.25) is 0 Å². The molecule has 0 N–H and O–H groups in total. The van der Waals surface area contributed by atoms with Crippen LogP contribution in [-0.4, -0.2) is 4.98 Å². The number of hydrogen-bond donors (Lipinski definition) is 0. The molecule has 0 bridgehead atoms. The number of halogens is 3. The van der Waals surface area contributed by atoms with Gasteiger partial charge in [0.2, 0.25) is 0 Å². The number of aromatic nitrogens is 1. The molecule has 0 unspecified atom stereocenters. The van der Waals surface area contributed by atoms with E-state index in [0.717, 1.165) is 6.07 Å². The van der Waals surface area contributed by atoms with E-state index in [-0.39, 0.29) is 16.5 Å². The van der Waals surface area contributed by atoms with E-state index < -0.39 is 11.7 Å². The largest absolute Gasteiger partial charge is 0.462 e. The third-order valence-corrected chi connectivity index (χ3v) is 4.25. The molecule has 0 aliphatic rings. The summed E-state index contributed by atoms with van der Waals surface area (Å²) in [7, 11) is 0. The normalized spacial score (nSPS) is 12.3. The Morgan fingerprint density at radius 2 is 1.93 bits per heavy atom. The van der Waals surface area contributed by atoms with Crippen molar-refractivity contribution in [2.45, 2.75) is 20.0 Å². The lowest BCUT2D eigenvalue weighted by atomic mass is 9.95. The third-order valence-electron chi connectivity index (χ3n) is 4.25. The fraction of sp³-hybridized carbons (Fsp3) is 0.130. The summed E-state index contributed by atoms with van der Waals surface area (Å²) in [4.78, 5) is 3.92. The van der Waals surface area contributed by atoms with Crippen molar-refractivity contribution in [3.63, 3.8) is 0 Å². The Balaban J connectivity index is 2.20. The number of hydrogen-bond acceptors (Lipinski definition) is 3. The van der Waals surface area contributed by atoms with Crippen molar-refractivity contribution >= 4 is 10.9 Å². The zero-order valence-electron chi connectivity index (χ0n) is 15.8. The summed E-state index contributed by atoms with van der Waals surface area (Å²) in [6.07, 6.45) is 2.13. The monoisotopic (exact) mass is 394 g/mol. The molecule has 0 aliphatic carbocycles. The van der Waals surface area contributed by atoms with Crippen LogP contribution in [0.15, 0.2) is 72.6 Å². The van der Waals surface area contributed by atoms with Crippen molar-refractivity contribution in [2.24, 2.45) is 0 Å². The van der Waals surface area contributed by atoms with E-state index in [9.17, 15) is 18.4 Å². The SMILES string of the molecule is C/C=C\C=C(/C)Oc1cccc(-c2c(C#N)cnc3c(C(F)(F)F)cccc23)c1. The van der Waals surface area contributed by atoms with Crippen LogP contribution in [0.1, 0.15) is 25.0 Å². The molecule has 29 heavy (non-hydrogen) atoms. The second-order valence-electron chi connectivity index (χ2n) is 6.29. The Labute approximate surface area is 166 Å². The van der Waals surface area contributed by atoms with Crippen LogP contribution in [0.5, 0.6) is 5.75 Å². The van der Waals surface area contributed by atoms with Crippen molar-refractivity contribution in [3.05, 3.63) is 83.8 Å². The molecule has 1 aromatic heterocycles. The van der Waals surface area contributed by atoms with Gasteiger partial charge in [0.05, 0.1) is 16.6 Å². The van der Waals surface area contributed by atoms with Gasteiger partial charge in [-0.25, -0.2) is 0 Å². The highest BCUT2D eigenvalue weighted by Gasteiger charge is 2.33. The minimum atomic E-state index is -4.54. The maximum Gasteiger partial charge on any atom is 0.418 e. The molecule has 3 rings (SSSR count). The van der Waals surface area contributed by atoms with Crippen molar-refractivity contribution in [3.8, 4) is 22.9 Å². The molecule has 0 fully saturated rings. The predicted molar refractivity (Wildman–Crippen MR) is 106 cm³/mol. The molecule has 3 nitrogen and oxygen atoms in total. The third kappa shape index (κ3) is 4.30. The van der Waals surface area contributed by atoms with Gasteiger partial charge in [0.25, 0.3) is 0 Å². The van der Waals surface area contributed by atoms with Crippen molar-refractivity contribution in [1.82, 2.24) is 4.98 Å². The summed E-state index contributed by atoms with van der Waals surface area (Å²) in [5, 5.41) is 9.78. The highest BCUT2D eigenvalue weighted by Crippen LogP contribution is 2.38. The molecule has 3 aromatic rings. The molecule has 0 amide bonds. The van der Waals surface area contributed by atoms with Crippen LogP contribution < -0.4 is 4.74 Å². The van der Waals surface area contributed by atoms with Crippen molar-refractivity contribution in [1.29, 1.82) is 5.26 Å². The van der Waals surface area contributed by atoms with E-state index in [0.29, 0.717) is 22.6 Å². The number of para-hydroxylation sites is 1. The van der Waals surface area contributed by atoms with Crippen LogP contribution in [0.25, 0.3) is 22.0 Å². The topological polar surface area (TPSA) is 45.9 Å². The number of fused-ring (bicyclic) bond motifs is 1. The van der Waals surface area contributed by atoms with Gasteiger partial charge in [-0.3, -0.25) is 4.98 Å². The maximum absolute atomic E-state index is 13.4. The summed E-state index contributed by atoms with van der Waals surface area (Å²) in [5.74, 6) is 1.17. The number of nitrogens with zero attached hydrogens (tertiary/aromatic N) is 2. The van der Waals surface area contributed by atoms with Gasteiger partial charge in [-0.15, -0.1) is 0 Å². The Hall–Kier alpha value is -3.59. The minimum Gasteiger partial charge on any atom is -0.462 e. The van der Waals surface area contributed by atoms with Gasteiger partial charge in [-0.05, 0) is 43.7 Å². The smallest absolute Gasteiger partial charge is 0.418 e. The van der Waals surface area contributed by atoms with E-state index in [1.54, 1.807) is 43.3 Å². The van der Waals surface area contributed by atoms with E-state index in [1.165, 1.54) is 12.3 Å². The zero-order valence-corrected chi connectivity index (χ0v) is 15.8. The quantitative estimate of drug-likeness (QED) is 0.368. The number of pyridine rings is 1. The summed E-state index contributed by atoms with van der Waals surface area (Å²) in [6, 6.07) is 12.8. The lowest BCUT2D eigenvalue weighted by Gasteiger charge is -2.14. The van der Waals surface area contributed by atoms with Crippen molar-refractivity contribution in [2.75, 3.05) is 0 Å². The molecule has 6 heteroatoms. The fourth-order valence-corrected chi connectivity index (χ4v) is 3.01. The van der Waals surface area contributed by atoms with Gasteiger partial charge in [-0.1, -0.05) is 36.4 Å². The first kappa shape index (κ1) is 20.2. The Morgan fingerprint density at radius 3 is 2.62 bits per heavy atom. The van der Waals surface area contributed by atoms with E-state index in [2.05, 4.69) is 4.98 Å². The highest BCUT2D eigenvalue weighted by molar-refractivity contribution is 5.98. The molecular weight excluding hydrogens is 377 g/mol. The van der Waals surface area contributed by atoms with Crippen LogP contribution in [0.4, 0.5) is 13.2 Å². The maximum atomic E-state index is 13.4. The Morgan fingerprint density at radius 1 is 1.17 bits per heavy atom. The molecule has 0 spiro atoms. The molecular formula is C23H17F3N2O. The van der Waals surface area contributed by atoms with Gasteiger partial charge in [0.1, 0.15) is 17.6 Å². The first-order chi connectivity index (χ1) is 13.8. The molecule has 0 aliphatic heterocycles. The van der Waals surface area contributed by atoms with Gasteiger partial charge in [-0.2, -0.15) is 18.4 Å².